The average Bonchev–Trinajstić information content (AvgIpc) is 2.69. The summed E-state index contributed by atoms with van der Waals surface area (Å²) in [4.78, 5) is 14.8. The first-order valence-electron chi connectivity index (χ1n) is 9.89. The lowest BCUT2D eigenvalue weighted by Gasteiger charge is -2.30. The lowest BCUT2D eigenvalue weighted by Crippen LogP contribution is -2.32. The zero-order valence-electron chi connectivity index (χ0n) is 16.4. The zero-order valence-corrected chi connectivity index (χ0v) is 16.4. The van der Waals surface area contributed by atoms with Crippen molar-refractivity contribution in [2.45, 2.75) is 33.2 Å². The van der Waals surface area contributed by atoms with Gasteiger partial charge in [0.25, 0.3) is 5.91 Å². The number of ether oxygens (including phenoxy) is 1. The first-order chi connectivity index (χ1) is 13.1. The number of carbonyl (C=O) groups excluding carboxylic acids is 1. The number of carbonyl (C=O) groups is 1. The maximum Gasteiger partial charge on any atom is 0.251 e. The molecule has 0 aliphatic carbocycles. The normalized spacial score (nSPS) is 15.5. The lowest BCUT2D eigenvalue weighted by molar-refractivity contribution is 0.0947. The van der Waals surface area contributed by atoms with Crippen LogP contribution in [0, 0.1) is 12.8 Å². The molecule has 0 aromatic heterocycles. The van der Waals surface area contributed by atoms with E-state index in [-0.39, 0.29) is 5.91 Å². The molecule has 1 aliphatic heterocycles. The molecule has 0 spiro atoms. The number of nitrogens with one attached hydrogen (secondary N) is 1. The van der Waals surface area contributed by atoms with Gasteiger partial charge >= 0.3 is 0 Å². The van der Waals surface area contributed by atoms with Gasteiger partial charge in [-0.15, -0.1) is 0 Å². The molecule has 144 valence electrons. The number of benzene rings is 2. The van der Waals surface area contributed by atoms with E-state index in [1.54, 1.807) is 0 Å². The molecule has 0 bridgehead atoms. The number of nitrogens with zero attached hydrogens (tertiary/aromatic N) is 1. The predicted octanol–water partition coefficient (Wildman–Crippen LogP) is 4.04. The third-order valence-corrected chi connectivity index (χ3v) is 5.18. The summed E-state index contributed by atoms with van der Waals surface area (Å²) in [7, 11) is 0. The Morgan fingerprint density at radius 3 is 2.41 bits per heavy atom. The molecule has 0 atom stereocenters. The molecule has 2 aromatic carbocycles. The maximum atomic E-state index is 12.3. The lowest BCUT2D eigenvalue weighted by atomic mass is 9.99. The van der Waals surface area contributed by atoms with Crippen LogP contribution in [-0.4, -0.2) is 37.0 Å². The quantitative estimate of drug-likeness (QED) is 0.752. The molecule has 1 aliphatic rings. The van der Waals surface area contributed by atoms with Crippen LogP contribution in [0.25, 0.3) is 0 Å². The summed E-state index contributed by atoms with van der Waals surface area (Å²) >= 11 is 0. The molecule has 27 heavy (non-hydrogen) atoms. The van der Waals surface area contributed by atoms with Crippen LogP contribution in [0.4, 0.5) is 0 Å². The average molecular weight is 367 g/mol. The molecule has 0 unspecified atom stereocenters. The van der Waals surface area contributed by atoms with Crippen LogP contribution in [0.5, 0.6) is 5.75 Å². The van der Waals surface area contributed by atoms with Gasteiger partial charge in [0.1, 0.15) is 12.4 Å². The molecule has 0 radical (unpaired) electrons. The van der Waals surface area contributed by atoms with Crippen molar-refractivity contribution in [3.63, 3.8) is 0 Å². The Balaban J connectivity index is 1.40. The standard InChI is InChI=1S/C23H30N2O2/c1-18-3-9-22(10-4-18)27-16-13-24-23(26)21-7-5-20(6-8-21)17-25-14-11-19(2)12-15-25/h3-10,19H,11-17H2,1-2H3,(H,24,26). The van der Waals surface area contributed by atoms with Crippen molar-refractivity contribution in [1.82, 2.24) is 10.2 Å². The van der Waals surface area contributed by atoms with E-state index in [9.17, 15) is 4.79 Å². The largest absolute Gasteiger partial charge is 0.492 e. The van der Waals surface area contributed by atoms with Crippen LogP contribution in [0.3, 0.4) is 0 Å². The Morgan fingerprint density at radius 2 is 1.74 bits per heavy atom. The van der Waals surface area contributed by atoms with Crippen molar-refractivity contribution in [1.29, 1.82) is 0 Å². The fourth-order valence-corrected chi connectivity index (χ4v) is 3.31. The first kappa shape index (κ1) is 19.4. The van der Waals surface area contributed by atoms with E-state index < -0.39 is 0 Å². The highest BCUT2D eigenvalue weighted by Gasteiger charge is 2.15. The molecule has 1 heterocycles. The summed E-state index contributed by atoms with van der Waals surface area (Å²) < 4.78 is 5.64. The van der Waals surface area contributed by atoms with Gasteiger partial charge in [-0.3, -0.25) is 9.69 Å². The van der Waals surface area contributed by atoms with Gasteiger partial charge in [0.2, 0.25) is 0 Å². The van der Waals surface area contributed by atoms with E-state index >= 15 is 0 Å². The van der Waals surface area contributed by atoms with Crippen molar-refractivity contribution < 1.29 is 9.53 Å². The minimum Gasteiger partial charge on any atom is -0.492 e. The SMILES string of the molecule is Cc1ccc(OCCNC(=O)c2ccc(CN3CCC(C)CC3)cc2)cc1. The van der Waals surface area contributed by atoms with E-state index in [0.29, 0.717) is 18.7 Å². The van der Waals surface area contributed by atoms with Gasteiger partial charge in [-0.25, -0.2) is 0 Å². The second kappa shape index (κ2) is 9.56. The molecule has 1 N–H and O–H groups in total. The van der Waals surface area contributed by atoms with Gasteiger partial charge in [0, 0.05) is 12.1 Å². The molecule has 1 amide bonds. The summed E-state index contributed by atoms with van der Waals surface area (Å²) in [5, 5.41) is 2.91. The predicted molar refractivity (Wildman–Crippen MR) is 109 cm³/mol. The second-order valence-electron chi connectivity index (χ2n) is 7.57. The number of rotatable bonds is 7. The molecular weight excluding hydrogens is 336 g/mol. The molecule has 4 heteroatoms. The van der Waals surface area contributed by atoms with E-state index in [2.05, 4.69) is 29.3 Å². The fourth-order valence-electron chi connectivity index (χ4n) is 3.31. The van der Waals surface area contributed by atoms with Gasteiger partial charge in [0.15, 0.2) is 0 Å². The number of amides is 1. The van der Waals surface area contributed by atoms with Gasteiger partial charge in [-0.05, 0) is 68.6 Å². The monoisotopic (exact) mass is 366 g/mol. The number of piperidine rings is 1. The number of hydrogen-bond acceptors (Lipinski definition) is 3. The third-order valence-electron chi connectivity index (χ3n) is 5.18. The minimum atomic E-state index is -0.0548. The number of aryl methyl sites for hydroxylation is 1. The highest BCUT2D eigenvalue weighted by molar-refractivity contribution is 5.94. The molecule has 4 nitrogen and oxygen atoms in total. The zero-order chi connectivity index (χ0) is 19.1. The minimum absolute atomic E-state index is 0.0548. The highest BCUT2D eigenvalue weighted by atomic mass is 16.5. The van der Waals surface area contributed by atoms with Gasteiger partial charge in [-0.2, -0.15) is 0 Å². The number of likely N-dealkylation sites (tertiary alicyclic amines) is 1. The Morgan fingerprint density at radius 1 is 1.07 bits per heavy atom. The fraction of sp³-hybridized carbons (Fsp3) is 0.435. The van der Waals surface area contributed by atoms with Crippen LogP contribution >= 0.6 is 0 Å². The summed E-state index contributed by atoms with van der Waals surface area (Å²) in [6.45, 7) is 8.63. The van der Waals surface area contributed by atoms with Crippen LogP contribution in [0.1, 0.15) is 41.3 Å². The van der Waals surface area contributed by atoms with Crippen molar-refractivity contribution in [2.75, 3.05) is 26.2 Å². The van der Waals surface area contributed by atoms with Crippen molar-refractivity contribution in [3.8, 4) is 5.75 Å². The maximum absolute atomic E-state index is 12.3. The van der Waals surface area contributed by atoms with E-state index in [1.807, 2.05) is 43.3 Å². The highest BCUT2D eigenvalue weighted by Crippen LogP contribution is 2.18. The Bertz CT molecular complexity index is 717. The van der Waals surface area contributed by atoms with Crippen molar-refractivity contribution in [2.24, 2.45) is 5.92 Å². The second-order valence-corrected chi connectivity index (χ2v) is 7.57. The van der Waals surface area contributed by atoms with Gasteiger partial charge in [0.05, 0.1) is 6.54 Å². The Hall–Kier alpha value is -2.33. The van der Waals surface area contributed by atoms with Crippen LogP contribution in [0.2, 0.25) is 0 Å². The molecule has 3 rings (SSSR count). The van der Waals surface area contributed by atoms with E-state index in [4.69, 9.17) is 4.74 Å². The summed E-state index contributed by atoms with van der Waals surface area (Å²) in [6.07, 6.45) is 2.57. The molecule has 1 fully saturated rings. The third kappa shape index (κ3) is 6.10. The molecular formula is C23H30N2O2. The first-order valence-corrected chi connectivity index (χ1v) is 9.89. The van der Waals surface area contributed by atoms with Crippen LogP contribution in [0.15, 0.2) is 48.5 Å². The molecule has 1 saturated heterocycles. The molecule has 0 saturated carbocycles. The van der Waals surface area contributed by atoms with Crippen molar-refractivity contribution >= 4 is 5.91 Å². The Kier molecular flexibility index (Phi) is 6.88. The van der Waals surface area contributed by atoms with Crippen LogP contribution in [-0.2, 0) is 6.54 Å². The summed E-state index contributed by atoms with van der Waals surface area (Å²) in [5.41, 5.74) is 3.17. The summed E-state index contributed by atoms with van der Waals surface area (Å²) in [5.74, 6) is 1.62. The van der Waals surface area contributed by atoms with Gasteiger partial charge < -0.3 is 10.1 Å². The Labute approximate surface area is 162 Å². The van der Waals surface area contributed by atoms with Crippen LogP contribution < -0.4 is 10.1 Å². The summed E-state index contributed by atoms with van der Waals surface area (Å²) in [6, 6.07) is 15.9. The van der Waals surface area contributed by atoms with E-state index in [0.717, 1.165) is 18.2 Å². The smallest absolute Gasteiger partial charge is 0.251 e. The van der Waals surface area contributed by atoms with Crippen molar-refractivity contribution in [3.05, 3.63) is 65.2 Å². The van der Waals surface area contributed by atoms with E-state index in [1.165, 1.54) is 37.1 Å². The van der Waals surface area contributed by atoms with Gasteiger partial charge in [-0.1, -0.05) is 36.8 Å². The topological polar surface area (TPSA) is 41.6 Å². The molecule has 2 aromatic rings. The number of hydrogen-bond donors (Lipinski definition) is 1.